The largest absolute Gasteiger partial charge is 0.475 e. The maximum Gasteiger partial charge on any atom is 0.253 e. The summed E-state index contributed by atoms with van der Waals surface area (Å²) in [6.45, 7) is -0.128. The van der Waals surface area contributed by atoms with Gasteiger partial charge in [0.15, 0.2) is 0 Å². The Morgan fingerprint density at radius 2 is 2.47 bits per heavy atom. The molecule has 0 atom stereocenters. The summed E-state index contributed by atoms with van der Waals surface area (Å²) < 4.78 is 51.2. The lowest BCUT2D eigenvalue weighted by molar-refractivity contribution is 0.294. The van der Waals surface area contributed by atoms with Crippen LogP contribution in [0.2, 0.25) is 0 Å². The third kappa shape index (κ3) is 4.28. The van der Waals surface area contributed by atoms with E-state index in [1.165, 1.54) is 0 Å². The Hall–Kier alpha value is -0.940. The van der Waals surface area contributed by atoms with Crippen molar-refractivity contribution in [2.24, 2.45) is 0 Å². The highest BCUT2D eigenvalue weighted by molar-refractivity contribution is 6.99. The van der Waals surface area contributed by atoms with Crippen molar-refractivity contribution in [2.45, 2.75) is 38.9 Å². The molecule has 0 bridgehead atoms. The van der Waals surface area contributed by atoms with Gasteiger partial charge in [-0.15, -0.1) is 4.37 Å². The molecular formula is C14H23N3OS. The van der Waals surface area contributed by atoms with Crippen LogP contribution in [-0.2, 0) is 0 Å². The van der Waals surface area contributed by atoms with Crippen LogP contribution in [-0.4, -0.2) is 40.4 Å². The molecular weight excluding hydrogens is 258 g/mol. The first kappa shape index (κ1) is 9.08. The van der Waals surface area contributed by atoms with Crippen LogP contribution in [0.1, 0.15) is 51.5 Å². The van der Waals surface area contributed by atoms with Crippen LogP contribution in [0.4, 0.5) is 0 Å². The van der Waals surface area contributed by atoms with Gasteiger partial charge in [-0.1, -0.05) is 32.1 Å². The third-order valence-electron chi connectivity index (χ3n) is 2.97. The molecule has 0 N–H and O–H groups in total. The molecule has 0 fully saturated rings. The number of hydrogen-bond donors (Lipinski definition) is 0. The van der Waals surface area contributed by atoms with Gasteiger partial charge in [0.2, 0.25) is 0 Å². The predicted molar refractivity (Wildman–Crippen MR) is 79.6 cm³/mol. The summed E-state index contributed by atoms with van der Waals surface area (Å²) in [5.41, 5.74) is 1.86. The van der Waals surface area contributed by atoms with Crippen LogP contribution < -0.4 is 4.74 Å². The molecule has 0 aromatic carbocycles. The first-order chi connectivity index (χ1) is 11.2. The van der Waals surface area contributed by atoms with Crippen molar-refractivity contribution in [3.63, 3.8) is 0 Å². The highest BCUT2D eigenvalue weighted by Gasteiger charge is 2.18. The number of aromatic nitrogens is 2. The monoisotopic (exact) mass is 286 g/mol. The fourth-order valence-corrected chi connectivity index (χ4v) is 2.52. The van der Waals surface area contributed by atoms with Gasteiger partial charge >= 0.3 is 0 Å². The lowest BCUT2D eigenvalue weighted by atomic mass is 10.1. The lowest BCUT2D eigenvalue weighted by Gasteiger charge is -2.22. The number of likely N-dealkylation sites (N-methyl/N-ethyl adjacent to an activating group) is 1. The van der Waals surface area contributed by atoms with E-state index in [1.807, 2.05) is 0 Å². The molecule has 0 amide bonds. The molecule has 19 heavy (non-hydrogen) atoms. The van der Waals surface area contributed by atoms with Crippen LogP contribution in [0.3, 0.4) is 0 Å². The molecule has 1 aliphatic rings. The molecule has 2 rings (SSSR count). The number of rotatable bonds is 7. The Morgan fingerprint density at radius 3 is 3.32 bits per heavy atom. The molecule has 0 saturated carbocycles. The third-order valence-corrected chi connectivity index (χ3v) is 3.48. The van der Waals surface area contributed by atoms with Gasteiger partial charge in [0, 0.05) is 19.9 Å². The zero-order chi connectivity index (χ0) is 17.8. The van der Waals surface area contributed by atoms with E-state index in [0.29, 0.717) is 18.9 Å². The second-order valence-electron chi connectivity index (χ2n) is 4.55. The molecule has 106 valence electrons. The van der Waals surface area contributed by atoms with E-state index in [-0.39, 0.29) is 6.42 Å². The van der Waals surface area contributed by atoms with Crippen molar-refractivity contribution in [2.75, 3.05) is 26.7 Å². The normalized spacial score (nSPS) is 21.7. The van der Waals surface area contributed by atoms with Crippen molar-refractivity contribution in [3.05, 3.63) is 11.8 Å². The van der Waals surface area contributed by atoms with Gasteiger partial charge in [-0.05, 0) is 25.5 Å². The van der Waals surface area contributed by atoms with Gasteiger partial charge in [-0.25, -0.2) is 0 Å². The summed E-state index contributed by atoms with van der Waals surface area (Å²) in [6.07, 6.45) is 1.54. The molecule has 2 heterocycles. The van der Waals surface area contributed by atoms with Gasteiger partial charge < -0.3 is 9.64 Å². The van der Waals surface area contributed by atoms with Gasteiger partial charge in [-0.3, -0.25) is 0 Å². The molecule has 0 saturated heterocycles. The van der Waals surface area contributed by atoms with E-state index in [1.54, 1.807) is 0 Å². The van der Waals surface area contributed by atoms with Crippen LogP contribution >= 0.6 is 11.7 Å². The Bertz CT molecular complexity index is 573. The molecule has 1 aliphatic heterocycles. The fourth-order valence-electron chi connectivity index (χ4n) is 1.99. The Kier molecular flexibility index (Phi) is 3.63. The summed E-state index contributed by atoms with van der Waals surface area (Å²) in [5.74, 6) is 0.484. The Balaban J connectivity index is 1.84. The van der Waals surface area contributed by atoms with Crippen molar-refractivity contribution in [1.82, 2.24) is 13.6 Å². The minimum absolute atomic E-state index is 0.143. The molecule has 1 aromatic heterocycles. The van der Waals surface area contributed by atoms with Gasteiger partial charge in [-0.2, -0.15) is 4.37 Å². The molecule has 4 nitrogen and oxygen atoms in total. The van der Waals surface area contributed by atoms with E-state index in [0.717, 1.165) is 42.5 Å². The van der Waals surface area contributed by atoms with Crippen molar-refractivity contribution in [1.29, 1.82) is 0 Å². The highest BCUT2D eigenvalue weighted by Crippen LogP contribution is 2.27. The summed E-state index contributed by atoms with van der Waals surface area (Å²) >= 11 is 1.10. The fraction of sp³-hybridized carbons (Fsp3) is 0.714. The summed E-state index contributed by atoms with van der Waals surface area (Å²) in [4.78, 5) is 2.21. The van der Waals surface area contributed by atoms with Crippen molar-refractivity contribution >= 4 is 17.3 Å². The van der Waals surface area contributed by atoms with E-state index in [2.05, 4.69) is 26.8 Å². The number of ether oxygens (including phenoxy) is 1. The molecule has 0 unspecified atom stereocenters. The molecule has 1 aromatic rings. The van der Waals surface area contributed by atoms with Crippen LogP contribution in [0.25, 0.3) is 5.57 Å². The molecule has 0 aliphatic carbocycles. The highest BCUT2D eigenvalue weighted by atomic mass is 32.1. The van der Waals surface area contributed by atoms with Crippen LogP contribution in [0, 0.1) is 0 Å². The lowest BCUT2D eigenvalue weighted by Crippen LogP contribution is -2.25. The zero-order valence-corrected chi connectivity index (χ0v) is 12.0. The summed E-state index contributed by atoms with van der Waals surface area (Å²) in [5, 5.41) is 0. The minimum Gasteiger partial charge on any atom is -0.475 e. The zero-order valence-electron chi connectivity index (χ0n) is 16.2. The topological polar surface area (TPSA) is 38.3 Å². The van der Waals surface area contributed by atoms with Crippen LogP contribution in [0.15, 0.2) is 6.08 Å². The maximum atomic E-state index is 7.77. The van der Waals surface area contributed by atoms with Crippen molar-refractivity contribution in [3.8, 4) is 5.88 Å². The van der Waals surface area contributed by atoms with E-state index < -0.39 is 19.6 Å². The Labute approximate surface area is 126 Å². The molecule has 0 radical (unpaired) electrons. The average molecular weight is 286 g/mol. The van der Waals surface area contributed by atoms with Gasteiger partial charge in [0.05, 0.1) is 18.3 Å². The van der Waals surface area contributed by atoms with E-state index in [9.17, 15) is 0 Å². The maximum absolute atomic E-state index is 7.77. The Morgan fingerprint density at radius 1 is 1.53 bits per heavy atom. The second-order valence-corrected chi connectivity index (χ2v) is 5.08. The smallest absolute Gasteiger partial charge is 0.253 e. The molecule has 5 heteroatoms. The number of nitrogens with zero attached hydrogens (tertiary/aromatic N) is 3. The standard InChI is InChI=1S/C14H23N3OS/c1-3-4-5-6-10-18-14-13(15-19-16-14)12-8-7-9-17(2)11-12/h8H,3-7,9-11H2,1-2H3/i1D3,4D2. The predicted octanol–water partition coefficient (Wildman–Crippen LogP) is 3.22. The first-order valence-electron chi connectivity index (χ1n) is 9.00. The van der Waals surface area contributed by atoms with Crippen molar-refractivity contribution < 1.29 is 11.6 Å². The summed E-state index contributed by atoms with van der Waals surface area (Å²) in [6, 6.07) is 0. The van der Waals surface area contributed by atoms with Gasteiger partial charge in [0.1, 0.15) is 5.69 Å². The first-order valence-corrected chi connectivity index (χ1v) is 7.23. The SMILES string of the molecule is [2H]C([2H])([2H])CC([2H])([2H])CCCOc1nsnc1C1=CCCN(C)C1. The molecule has 0 spiro atoms. The van der Waals surface area contributed by atoms with E-state index >= 15 is 0 Å². The average Bonchev–Trinajstić information content (AvgIpc) is 2.89. The second kappa shape index (κ2) is 7.60. The van der Waals surface area contributed by atoms with Gasteiger partial charge in [0.25, 0.3) is 5.88 Å². The van der Waals surface area contributed by atoms with E-state index in [4.69, 9.17) is 11.6 Å². The quantitative estimate of drug-likeness (QED) is 0.721. The van der Waals surface area contributed by atoms with Crippen LogP contribution in [0.5, 0.6) is 5.88 Å². The summed E-state index contributed by atoms with van der Waals surface area (Å²) in [7, 11) is 2.06. The number of hydrogen-bond acceptors (Lipinski definition) is 5. The minimum atomic E-state index is -2.25.